The van der Waals surface area contributed by atoms with Crippen LogP contribution < -0.4 is 5.32 Å². The standard InChI is InChI=1S/C15H12Cl2N2S2/c1-9(12-8-13(16)21-14(12)17)19-11-4-2-10(3-5-11)15-18-6-7-20-15/h2-9,19H,1H3. The number of benzene rings is 1. The van der Waals surface area contributed by atoms with E-state index in [-0.39, 0.29) is 6.04 Å². The molecule has 2 heterocycles. The van der Waals surface area contributed by atoms with Crippen molar-refractivity contribution in [3.63, 3.8) is 0 Å². The third-order valence-corrected chi connectivity index (χ3v) is 5.44. The number of anilines is 1. The van der Waals surface area contributed by atoms with Gasteiger partial charge >= 0.3 is 0 Å². The van der Waals surface area contributed by atoms with Crippen molar-refractivity contribution in [2.24, 2.45) is 0 Å². The van der Waals surface area contributed by atoms with Crippen LogP contribution in [0.1, 0.15) is 18.5 Å². The Hall–Kier alpha value is -1.07. The van der Waals surface area contributed by atoms with Gasteiger partial charge in [-0.15, -0.1) is 22.7 Å². The molecule has 0 bridgehead atoms. The Morgan fingerprint density at radius 3 is 2.52 bits per heavy atom. The van der Waals surface area contributed by atoms with Crippen LogP contribution in [-0.4, -0.2) is 4.98 Å². The summed E-state index contributed by atoms with van der Waals surface area (Å²) in [7, 11) is 0. The Labute approximate surface area is 141 Å². The highest BCUT2D eigenvalue weighted by molar-refractivity contribution is 7.20. The molecule has 0 aliphatic heterocycles. The molecule has 0 amide bonds. The van der Waals surface area contributed by atoms with Crippen LogP contribution in [0.3, 0.4) is 0 Å². The average molecular weight is 355 g/mol. The van der Waals surface area contributed by atoms with E-state index in [0.717, 1.165) is 26.2 Å². The maximum Gasteiger partial charge on any atom is 0.123 e. The zero-order valence-electron chi connectivity index (χ0n) is 11.1. The number of aromatic nitrogens is 1. The summed E-state index contributed by atoms with van der Waals surface area (Å²) in [4.78, 5) is 4.31. The number of nitrogens with one attached hydrogen (secondary N) is 1. The number of halogens is 2. The molecule has 3 rings (SSSR count). The van der Waals surface area contributed by atoms with Crippen molar-refractivity contribution in [3.05, 3.63) is 56.1 Å². The van der Waals surface area contributed by atoms with Crippen LogP contribution in [0.4, 0.5) is 5.69 Å². The minimum Gasteiger partial charge on any atom is -0.378 e. The van der Waals surface area contributed by atoms with Crippen LogP contribution >= 0.6 is 45.9 Å². The fourth-order valence-electron chi connectivity index (χ4n) is 2.05. The van der Waals surface area contributed by atoms with E-state index in [1.165, 1.54) is 11.3 Å². The second kappa shape index (κ2) is 6.36. The summed E-state index contributed by atoms with van der Waals surface area (Å²) in [5, 5.41) is 6.44. The van der Waals surface area contributed by atoms with Gasteiger partial charge in [0.05, 0.1) is 14.7 Å². The number of hydrogen-bond acceptors (Lipinski definition) is 4. The molecule has 0 saturated carbocycles. The predicted octanol–water partition coefficient (Wildman–Crippen LogP) is 6.35. The quantitative estimate of drug-likeness (QED) is 0.590. The van der Waals surface area contributed by atoms with E-state index in [9.17, 15) is 0 Å². The third-order valence-electron chi connectivity index (χ3n) is 3.10. The largest absolute Gasteiger partial charge is 0.378 e. The van der Waals surface area contributed by atoms with E-state index in [0.29, 0.717) is 4.34 Å². The van der Waals surface area contributed by atoms with Crippen LogP contribution in [0, 0.1) is 0 Å². The normalized spacial score (nSPS) is 12.3. The second-order valence-corrected chi connectivity index (χ2v) is 7.74. The van der Waals surface area contributed by atoms with Crippen LogP contribution in [0.5, 0.6) is 0 Å². The Bertz CT molecular complexity index is 721. The lowest BCUT2D eigenvalue weighted by Crippen LogP contribution is -2.05. The van der Waals surface area contributed by atoms with Crippen LogP contribution in [0.15, 0.2) is 41.9 Å². The minimum atomic E-state index is 0.104. The Morgan fingerprint density at radius 1 is 1.19 bits per heavy atom. The molecule has 0 spiro atoms. The highest BCUT2D eigenvalue weighted by atomic mass is 35.5. The molecule has 0 aliphatic rings. The van der Waals surface area contributed by atoms with Gasteiger partial charge in [0.15, 0.2) is 0 Å². The summed E-state index contributed by atoms with van der Waals surface area (Å²) in [5.41, 5.74) is 3.19. The van der Waals surface area contributed by atoms with E-state index < -0.39 is 0 Å². The monoisotopic (exact) mass is 354 g/mol. The van der Waals surface area contributed by atoms with E-state index in [2.05, 4.69) is 41.5 Å². The molecule has 1 unspecified atom stereocenters. The molecular weight excluding hydrogens is 343 g/mol. The number of thiophene rings is 1. The van der Waals surface area contributed by atoms with Crippen LogP contribution in [0.25, 0.3) is 10.6 Å². The van der Waals surface area contributed by atoms with Crippen LogP contribution in [-0.2, 0) is 0 Å². The maximum absolute atomic E-state index is 6.19. The summed E-state index contributed by atoms with van der Waals surface area (Å²) in [5.74, 6) is 0. The lowest BCUT2D eigenvalue weighted by atomic mass is 10.1. The van der Waals surface area contributed by atoms with E-state index >= 15 is 0 Å². The zero-order chi connectivity index (χ0) is 14.8. The second-order valence-electron chi connectivity index (χ2n) is 4.56. The molecule has 0 saturated heterocycles. The fraction of sp³-hybridized carbons (Fsp3) is 0.133. The summed E-state index contributed by atoms with van der Waals surface area (Å²) < 4.78 is 1.45. The molecule has 1 N–H and O–H groups in total. The molecule has 21 heavy (non-hydrogen) atoms. The first-order chi connectivity index (χ1) is 10.1. The Morgan fingerprint density at radius 2 is 1.95 bits per heavy atom. The fourth-order valence-corrected chi connectivity index (χ4v) is 4.34. The number of nitrogens with zero attached hydrogens (tertiary/aromatic N) is 1. The molecule has 3 aromatic rings. The first-order valence-corrected chi connectivity index (χ1v) is 8.80. The van der Waals surface area contributed by atoms with Crippen LogP contribution in [0.2, 0.25) is 8.67 Å². The maximum atomic E-state index is 6.19. The Balaban J connectivity index is 1.74. The molecule has 2 aromatic heterocycles. The van der Waals surface area contributed by atoms with Crippen molar-refractivity contribution in [1.82, 2.24) is 4.98 Å². The summed E-state index contributed by atoms with van der Waals surface area (Å²) in [6.45, 7) is 2.07. The predicted molar refractivity (Wildman–Crippen MR) is 93.9 cm³/mol. The van der Waals surface area contributed by atoms with Gasteiger partial charge in [0.1, 0.15) is 5.01 Å². The van der Waals surface area contributed by atoms with Gasteiger partial charge in [-0.25, -0.2) is 4.98 Å². The highest BCUT2D eigenvalue weighted by Crippen LogP contribution is 2.36. The van der Waals surface area contributed by atoms with Gasteiger partial charge in [0, 0.05) is 28.4 Å². The summed E-state index contributed by atoms with van der Waals surface area (Å²) in [6.07, 6.45) is 1.82. The SMILES string of the molecule is CC(Nc1ccc(-c2nccs2)cc1)c1cc(Cl)sc1Cl. The zero-order valence-corrected chi connectivity index (χ0v) is 14.3. The van der Waals surface area contributed by atoms with E-state index in [4.69, 9.17) is 23.2 Å². The van der Waals surface area contributed by atoms with Gasteiger partial charge in [-0.3, -0.25) is 0 Å². The molecule has 0 aliphatic carbocycles. The minimum absolute atomic E-state index is 0.104. The van der Waals surface area contributed by atoms with Crippen molar-refractivity contribution >= 4 is 51.6 Å². The third kappa shape index (κ3) is 3.40. The number of thiazole rings is 1. The van der Waals surface area contributed by atoms with Gasteiger partial charge in [0.25, 0.3) is 0 Å². The van der Waals surface area contributed by atoms with Gasteiger partial charge in [-0.05, 0) is 37.3 Å². The first-order valence-electron chi connectivity index (χ1n) is 6.34. The molecule has 6 heteroatoms. The van der Waals surface area contributed by atoms with E-state index in [1.807, 2.05) is 17.6 Å². The number of hydrogen-bond donors (Lipinski definition) is 1. The lowest BCUT2D eigenvalue weighted by molar-refractivity contribution is 0.891. The molecule has 108 valence electrons. The smallest absolute Gasteiger partial charge is 0.123 e. The van der Waals surface area contributed by atoms with Gasteiger partial charge in [-0.1, -0.05) is 23.2 Å². The summed E-state index contributed by atoms with van der Waals surface area (Å²) in [6, 6.07) is 10.2. The molecule has 2 nitrogen and oxygen atoms in total. The van der Waals surface area contributed by atoms with Crippen molar-refractivity contribution in [1.29, 1.82) is 0 Å². The molecule has 0 fully saturated rings. The van der Waals surface area contributed by atoms with Gasteiger partial charge in [0.2, 0.25) is 0 Å². The number of rotatable bonds is 4. The van der Waals surface area contributed by atoms with Crippen molar-refractivity contribution < 1.29 is 0 Å². The lowest BCUT2D eigenvalue weighted by Gasteiger charge is -2.15. The van der Waals surface area contributed by atoms with Crippen molar-refractivity contribution in [2.75, 3.05) is 5.32 Å². The molecule has 1 atom stereocenters. The molecular formula is C15H12Cl2N2S2. The summed E-state index contributed by atoms with van der Waals surface area (Å²) >= 11 is 15.2. The van der Waals surface area contributed by atoms with Crippen molar-refractivity contribution in [2.45, 2.75) is 13.0 Å². The first kappa shape index (κ1) is 14.9. The Kier molecular flexibility index (Phi) is 4.50. The molecule has 1 aromatic carbocycles. The van der Waals surface area contributed by atoms with Gasteiger partial charge < -0.3 is 5.32 Å². The van der Waals surface area contributed by atoms with Gasteiger partial charge in [-0.2, -0.15) is 0 Å². The van der Waals surface area contributed by atoms with Crippen molar-refractivity contribution in [3.8, 4) is 10.6 Å². The highest BCUT2D eigenvalue weighted by Gasteiger charge is 2.13. The topological polar surface area (TPSA) is 24.9 Å². The molecule has 0 radical (unpaired) electrons. The van der Waals surface area contributed by atoms with E-state index in [1.54, 1.807) is 11.3 Å². The average Bonchev–Trinajstić information content (AvgIpc) is 3.09.